The first kappa shape index (κ1) is 13.6. The summed E-state index contributed by atoms with van der Waals surface area (Å²) in [7, 11) is 0. The number of alkyl halides is 3. The van der Waals surface area contributed by atoms with Gasteiger partial charge in [-0.05, 0) is 25.7 Å². The van der Waals surface area contributed by atoms with Gasteiger partial charge in [0.1, 0.15) is 12.4 Å². The van der Waals surface area contributed by atoms with E-state index in [4.69, 9.17) is 0 Å². The smallest absolute Gasteiger partial charge is 0.343 e. The van der Waals surface area contributed by atoms with Crippen molar-refractivity contribution in [1.29, 1.82) is 0 Å². The molecule has 3 rings (SSSR count). The van der Waals surface area contributed by atoms with Crippen molar-refractivity contribution in [1.82, 2.24) is 15.3 Å². The normalized spacial score (nSPS) is 19.1. The average molecular weight is 286 g/mol. The monoisotopic (exact) mass is 286 g/mol. The lowest BCUT2D eigenvalue weighted by molar-refractivity contribution is -0.120. The number of aromatic nitrogens is 2. The molecule has 0 radical (unpaired) electrons. The van der Waals surface area contributed by atoms with Crippen LogP contribution in [0, 0.1) is 0 Å². The molecule has 0 aromatic carbocycles. The summed E-state index contributed by atoms with van der Waals surface area (Å²) in [5.74, 6) is 0.333. The first-order valence-electron chi connectivity index (χ1n) is 6.89. The van der Waals surface area contributed by atoms with E-state index in [-0.39, 0.29) is 6.04 Å². The van der Waals surface area contributed by atoms with Gasteiger partial charge >= 0.3 is 6.18 Å². The number of nitrogens with zero attached hydrogens (tertiary/aromatic N) is 3. The molecule has 0 unspecified atom stereocenters. The van der Waals surface area contributed by atoms with Gasteiger partial charge in [-0.3, -0.25) is 4.98 Å². The standard InChI is InChI=1S/C13H17F3N4/c14-13(15,16)8-20(11-3-4-11)12-7-17-5-10(19-12)6-18-9-1-2-9/h5,7,9,11,18H,1-4,6,8H2. The molecule has 0 amide bonds. The van der Waals surface area contributed by atoms with Gasteiger partial charge < -0.3 is 10.2 Å². The van der Waals surface area contributed by atoms with Crippen molar-refractivity contribution >= 4 is 5.82 Å². The van der Waals surface area contributed by atoms with E-state index >= 15 is 0 Å². The lowest BCUT2D eigenvalue weighted by Gasteiger charge is -2.24. The largest absolute Gasteiger partial charge is 0.405 e. The molecule has 2 aliphatic carbocycles. The second-order valence-corrected chi connectivity index (χ2v) is 5.50. The van der Waals surface area contributed by atoms with Crippen LogP contribution in [-0.2, 0) is 6.54 Å². The fourth-order valence-electron chi connectivity index (χ4n) is 2.13. The van der Waals surface area contributed by atoms with Crippen LogP contribution < -0.4 is 10.2 Å². The van der Waals surface area contributed by atoms with Gasteiger partial charge in [0, 0.05) is 24.8 Å². The number of nitrogens with one attached hydrogen (secondary N) is 1. The zero-order chi connectivity index (χ0) is 14.2. The van der Waals surface area contributed by atoms with E-state index in [1.165, 1.54) is 11.1 Å². The zero-order valence-electron chi connectivity index (χ0n) is 11.0. The van der Waals surface area contributed by atoms with Crippen LogP contribution in [0.4, 0.5) is 19.0 Å². The van der Waals surface area contributed by atoms with Crippen molar-refractivity contribution in [3.05, 3.63) is 18.1 Å². The van der Waals surface area contributed by atoms with E-state index < -0.39 is 12.7 Å². The Kier molecular flexibility index (Phi) is 3.54. The highest BCUT2D eigenvalue weighted by Gasteiger charge is 2.39. The van der Waals surface area contributed by atoms with Gasteiger partial charge in [0.2, 0.25) is 0 Å². The molecule has 20 heavy (non-hydrogen) atoms. The Labute approximate surface area is 115 Å². The van der Waals surface area contributed by atoms with Crippen LogP contribution in [-0.4, -0.2) is 34.8 Å². The summed E-state index contributed by atoms with van der Waals surface area (Å²) in [5, 5.41) is 3.29. The molecule has 2 aliphatic rings. The van der Waals surface area contributed by atoms with Crippen LogP contribution in [0.15, 0.2) is 12.4 Å². The van der Waals surface area contributed by atoms with Crippen molar-refractivity contribution in [3.63, 3.8) is 0 Å². The lowest BCUT2D eigenvalue weighted by atomic mass is 10.4. The first-order valence-corrected chi connectivity index (χ1v) is 6.89. The topological polar surface area (TPSA) is 41.1 Å². The Morgan fingerprint density at radius 3 is 2.55 bits per heavy atom. The van der Waals surface area contributed by atoms with Crippen molar-refractivity contribution in [3.8, 4) is 0 Å². The van der Waals surface area contributed by atoms with Gasteiger partial charge in [-0.1, -0.05) is 0 Å². The van der Waals surface area contributed by atoms with E-state index in [9.17, 15) is 13.2 Å². The third kappa shape index (κ3) is 3.82. The Morgan fingerprint density at radius 2 is 1.95 bits per heavy atom. The molecule has 2 fully saturated rings. The summed E-state index contributed by atoms with van der Waals surface area (Å²) in [6, 6.07) is 0.493. The molecular formula is C13H17F3N4. The molecule has 7 heteroatoms. The van der Waals surface area contributed by atoms with Gasteiger partial charge in [-0.2, -0.15) is 13.2 Å². The third-order valence-corrected chi connectivity index (χ3v) is 3.45. The molecule has 0 atom stereocenters. The summed E-state index contributed by atoms with van der Waals surface area (Å²) >= 11 is 0. The van der Waals surface area contributed by atoms with E-state index in [1.807, 2.05) is 0 Å². The summed E-state index contributed by atoms with van der Waals surface area (Å²) in [4.78, 5) is 9.68. The fraction of sp³-hybridized carbons (Fsp3) is 0.692. The van der Waals surface area contributed by atoms with E-state index in [2.05, 4.69) is 15.3 Å². The van der Waals surface area contributed by atoms with Crippen LogP contribution >= 0.6 is 0 Å². The third-order valence-electron chi connectivity index (χ3n) is 3.45. The van der Waals surface area contributed by atoms with Crippen LogP contribution in [0.2, 0.25) is 0 Å². The first-order chi connectivity index (χ1) is 9.51. The number of hydrogen-bond acceptors (Lipinski definition) is 4. The average Bonchev–Trinajstić information content (AvgIpc) is 3.27. The zero-order valence-corrected chi connectivity index (χ0v) is 11.0. The number of halogens is 3. The van der Waals surface area contributed by atoms with Crippen molar-refractivity contribution in [2.75, 3.05) is 11.4 Å². The second kappa shape index (κ2) is 5.20. The van der Waals surface area contributed by atoms with Gasteiger partial charge in [0.05, 0.1) is 11.9 Å². The van der Waals surface area contributed by atoms with Crippen LogP contribution in [0.25, 0.3) is 0 Å². The van der Waals surface area contributed by atoms with Crippen molar-refractivity contribution in [2.24, 2.45) is 0 Å². The number of hydrogen-bond donors (Lipinski definition) is 1. The maximum Gasteiger partial charge on any atom is 0.405 e. The van der Waals surface area contributed by atoms with Crippen LogP contribution in [0.3, 0.4) is 0 Å². The lowest BCUT2D eigenvalue weighted by Crippen LogP contribution is -2.36. The predicted octanol–water partition coefficient (Wildman–Crippen LogP) is 2.26. The maximum absolute atomic E-state index is 12.6. The molecule has 4 nitrogen and oxygen atoms in total. The van der Waals surface area contributed by atoms with Gasteiger partial charge in [0.15, 0.2) is 0 Å². The SMILES string of the molecule is FC(F)(F)CN(c1cncc(CNC2CC2)n1)C1CC1. The maximum atomic E-state index is 12.6. The molecule has 1 aromatic heterocycles. The Morgan fingerprint density at radius 1 is 1.20 bits per heavy atom. The molecule has 0 bridgehead atoms. The predicted molar refractivity (Wildman–Crippen MR) is 68.3 cm³/mol. The molecule has 1 N–H and O–H groups in total. The Hall–Kier alpha value is -1.37. The number of anilines is 1. The van der Waals surface area contributed by atoms with Gasteiger partial charge in [0.25, 0.3) is 0 Å². The minimum absolute atomic E-state index is 0.0439. The quantitative estimate of drug-likeness (QED) is 0.871. The van der Waals surface area contributed by atoms with Crippen LogP contribution in [0.1, 0.15) is 31.4 Å². The van der Waals surface area contributed by atoms with E-state index in [0.717, 1.165) is 25.7 Å². The molecule has 1 aromatic rings. The van der Waals surface area contributed by atoms with Crippen molar-refractivity contribution < 1.29 is 13.2 Å². The van der Waals surface area contributed by atoms with Crippen molar-refractivity contribution in [2.45, 2.75) is 50.5 Å². The molecular weight excluding hydrogens is 269 g/mol. The Bertz CT molecular complexity index is 469. The minimum atomic E-state index is -4.22. The molecule has 0 spiro atoms. The molecule has 0 saturated heterocycles. The highest BCUT2D eigenvalue weighted by atomic mass is 19.4. The highest BCUT2D eigenvalue weighted by molar-refractivity contribution is 5.40. The molecule has 0 aliphatic heterocycles. The van der Waals surface area contributed by atoms with Crippen LogP contribution in [0.5, 0.6) is 0 Å². The van der Waals surface area contributed by atoms with E-state index in [1.54, 1.807) is 6.20 Å². The molecule has 110 valence electrons. The van der Waals surface area contributed by atoms with E-state index in [0.29, 0.717) is 24.1 Å². The highest BCUT2D eigenvalue weighted by Crippen LogP contribution is 2.33. The Balaban J connectivity index is 1.70. The summed E-state index contributed by atoms with van der Waals surface area (Å²) in [6.45, 7) is -0.387. The van der Waals surface area contributed by atoms with Gasteiger partial charge in [-0.15, -0.1) is 0 Å². The summed E-state index contributed by atoms with van der Waals surface area (Å²) < 4.78 is 37.9. The fourth-order valence-corrected chi connectivity index (χ4v) is 2.13. The van der Waals surface area contributed by atoms with Gasteiger partial charge in [-0.25, -0.2) is 4.98 Å². The summed E-state index contributed by atoms with van der Waals surface area (Å²) in [6.07, 6.45) is 2.73. The minimum Gasteiger partial charge on any atom is -0.343 e. The molecule has 2 saturated carbocycles. The number of rotatable bonds is 6. The second-order valence-electron chi connectivity index (χ2n) is 5.50. The summed E-state index contributed by atoms with van der Waals surface area (Å²) in [5.41, 5.74) is 0.697. The molecule has 1 heterocycles.